The van der Waals surface area contributed by atoms with E-state index in [1.54, 1.807) is 19.1 Å². The molecule has 5 heteroatoms. The molecular formula is C18H18INO3. The Kier molecular flexibility index (Phi) is 6.58. The third kappa shape index (κ3) is 5.35. The van der Waals surface area contributed by atoms with Crippen molar-refractivity contribution in [2.24, 2.45) is 0 Å². The van der Waals surface area contributed by atoms with Crippen LogP contribution < -0.4 is 5.32 Å². The molecule has 0 fully saturated rings. The van der Waals surface area contributed by atoms with Crippen LogP contribution in [-0.4, -0.2) is 24.5 Å². The zero-order valence-corrected chi connectivity index (χ0v) is 14.9. The molecule has 1 amide bonds. The number of halogens is 1. The Bertz CT molecular complexity index is 673. The first-order valence-corrected chi connectivity index (χ1v) is 8.45. The van der Waals surface area contributed by atoms with Gasteiger partial charge in [-0.05, 0) is 53.3 Å². The summed E-state index contributed by atoms with van der Waals surface area (Å²) in [4.78, 5) is 24.5. The highest BCUT2D eigenvalue weighted by Gasteiger charge is 2.23. The van der Waals surface area contributed by atoms with Crippen molar-refractivity contribution in [2.75, 3.05) is 6.61 Å². The van der Waals surface area contributed by atoms with Gasteiger partial charge >= 0.3 is 5.97 Å². The van der Waals surface area contributed by atoms with Crippen molar-refractivity contribution in [3.63, 3.8) is 0 Å². The van der Waals surface area contributed by atoms with Gasteiger partial charge in [-0.15, -0.1) is 0 Å². The quantitative estimate of drug-likeness (QED) is 0.574. The van der Waals surface area contributed by atoms with Crippen LogP contribution in [0.3, 0.4) is 0 Å². The average molecular weight is 423 g/mol. The van der Waals surface area contributed by atoms with Gasteiger partial charge in [0.15, 0.2) is 0 Å². The van der Waals surface area contributed by atoms with Gasteiger partial charge in [-0.1, -0.05) is 36.4 Å². The van der Waals surface area contributed by atoms with Crippen LogP contribution in [-0.2, 0) is 16.0 Å². The summed E-state index contributed by atoms with van der Waals surface area (Å²) in [5.74, 6) is -0.701. The monoisotopic (exact) mass is 423 g/mol. The molecule has 2 aromatic carbocycles. The van der Waals surface area contributed by atoms with Gasteiger partial charge in [-0.3, -0.25) is 4.79 Å². The third-order valence-corrected chi connectivity index (χ3v) is 3.92. The molecule has 0 aliphatic rings. The zero-order valence-electron chi connectivity index (χ0n) is 12.8. The van der Waals surface area contributed by atoms with E-state index < -0.39 is 12.0 Å². The minimum Gasteiger partial charge on any atom is -0.464 e. The summed E-state index contributed by atoms with van der Waals surface area (Å²) in [7, 11) is 0. The number of nitrogens with one attached hydrogen (secondary N) is 1. The number of carbonyl (C=O) groups is 2. The highest BCUT2D eigenvalue weighted by atomic mass is 127. The molecule has 0 aliphatic heterocycles. The third-order valence-electron chi connectivity index (χ3n) is 3.25. The summed E-state index contributed by atoms with van der Waals surface area (Å²) in [6, 6.07) is 16.1. The largest absolute Gasteiger partial charge is 0.464 e. The van der Waals surface area contributed by atoms with E-state index in [4.69, 9.17) is 4.74 Å². The Balaban J connectivity index is 2.13. The van der Waals surface area contributed by atoms with E-state index in [1.165, 1.54) is 0 Å². The molecule has 0 bridgehead atoms. The van der Waals surface area contributed by atoms with E-state index in [0.717, 1.165) is 9.13 Å². The minimum atomic E-state index is -0.706. The maximum absolute atomic E-state index is 12.4. The lowest BCUT2D eigenvalue weighted by Crippen LogP contribution is -2.43. The fourth-order valence-electron chi connectivity index (χ4n) is 2.16. The first-order chi connectivity index (χ1) is 11.1. The molecule has 4 nitrogen and oxygen atoms in total. The maximum Gasteiger partial charge on any atom is 0.328 e. The Morgan fingerprint density at radius 3 is 2.52 bits per heavy atom. The fourth-order valence-corrected chi connectivity index (χ4v) is 2.70. The molecule has 2 rings (SSSR count). The Morgan fingerprint density at radius 2 is 1.87 bits per heavy atom. The summed E-state index contributed by atoms with van der Waals surface area (Å²) < 4.78 is 6.05. The molecule has 23 heavy (non-hydrogen) atoms. The molecule has 120 valence electrons. The van der Waals surface area contributed by atoms with Crippen molar-refractivity contribution in [1.29, 1.82) is 0 Å². The molecule has 1 unspecified atom stereocenters. The highest BCUT2D eigenvalue weighted by molar-refractivity contribution is 14.1. The van der Waals surface area contributed by atoms with E-state index in [0.29, 0.717) is 12.0 Å². The van der Waals surface area contributed by atoms with Gasteiger partial charge in [-0.25, -0.2) is 4.79 Å². The van der Waals surface area contributed by atoms with Crippen LogP contribution in [0.4, 0.5) is 0 Å². The molecule has 2 aromatic rings. The molecular weight excluding hydrogens is 405 g/mol. The smallest absolute Gasteiger partial charge is 0.328 e. The van der Waals surface area contributed by atoms with Crippen molar-refractivity contribution in [3.8, 4) is 0 Å². The van der Waals surface area contributed by atoms with Crippen LogP contribution >= 0.6 is 22.6 Å². The van der Waals surface area contributed by atoms with Crippen molar-refractivity contribution >= 4 is 34.5 Å². The Hall–Kier alpha value is -1.89. The maximum atomic E-state index is 12.4. The lowest BCUT2D eigenvalue weighted by atomic mass is 10.1. The predicted molar refractivity (Wildman–Crippen MR) is 97.2 cm³/mol. The minimum absolute atomic E-state index is 0.280. The fraction of sp³-hybridized carbons (Fsp3) is 0.222. The molecule has 0 heterocycles. The van der Waals surface area contributed by atoms with Gasteiger partial charge in [0.05, 0.1) is 6.61 Å². The van der Waals surface area contributed by atoms with Gasteiger partial charge in [0.2, 0.25) is 0 Å². The summed E-state index contributed by atoms with van der Waals surface area (Å²) in [6.07, 6.45) is 0.398. The Morgan fingerprint density at radius 1 is 1.13 bits per heavy atom. The number of rotatable bonds is 6. The van der Waals surface area contributed by atoms with Gasteiger partial charge in [0.25, 0.3) is 5.91 Å². The first kappa shape index (κ1) is 17.5. The molecule has 0 aliphatic carbocycles. The van der Waals surface area contributed by atoms with Crippen molar-refractivity contribution in [2.45, 2.75) is 19.4 Å². The number of esters is 1. The number of ether oxygens (including phenoxy) is 1. The second kappa shape index (κ2) is 8.67. The van der Waals surface area contributed by atoms with Crippen LogP contribution in [0.5, 0.6) is 0 Å². The van der Waals surface area contributed by atoms with E-state index in [9.17, 15) is 9.59 Å². The van der Waals surface area contributed by atoms with Crippen molar-refractivity contribution in [1.82, 2.24) is 5.32 Å². The molecule has 0 spiro atoms. The summed E-state index contributed by atoms with van der Waals surface area (Å²) in [5.41, 5.74) is 1.49. The number of benzene rings is 2. The first-order valence-electron chi connectivity index (χ1n) is 7.37. The zero-order chi connectivity index (χ0) is 16.7. The molecule has 0 saturated heterocycles. The number of hydrogen-bond donors (Lipinski definition) is 1. The van der Waals surface area contributed by atoms with Gasteiger partial charge in [0, 0.05) is 15.6 Å². The van der Waals surface area contributed by atoms with E-state index >= 15 is 0 Å². The second-order valence-electron chi connectivity index (χ2n) is 4.98. The van der Waals surface area contributed by atoms with Gasteiger partial charge in [-0.2, -0.15) is 0 Å². The van der Waals surface area contributed by atoms with Gasteiger partial charge in [0.1, 0.15) is 6.04 Å². The number of amides is 1. The van der Waals surface area contributed by atoms with Crippen molar-refractivity contribution < 1.29 is 14.3 Å². The SMILES string of the molecule is CCOC(=O)C(Cc1ccccc1)NC(=O)c1cccc(I)c1. The van der Waals surface area contributed by atoms with Crippen LogP contribution in [0, 0.1) is 3.57 Å². The van der Waals surface area contributed by atoms with Gasteiger partial charge < -0.3 is 10.1 Å². The normalized spacial score (nSPS) is 11.6. The van der Waals surface area contributed by atoms with Crippen LogP contribution in [0.25, 0.3) is 0 Å². The molecule has 1 N–H and O–H groups in total. The topological polar surface area (TPSA) is 55.4 Å². The number of hydrogen-bond acceptors (Lipinski definition) is 3. The lowest BCUT2D eigenvalue weighted by molar-refractivity contribution is -0.145. The van der Waals surface area contributed by atoms with Crippen LogP contribution in [0.15, 0.2) is 54.6 Å². The summed E-state index contributed by atoms with van der Waals surface area (Å²) in [6.45, 7) is 2.03. The van der Waals surface area contributed by atoms with E-state index in [-0.39, 0.29) is 12.5 Å². The molecule has 0 saturated carbocycles. The molecule has 1 atom stereocenters. The predicted octanol–water partition coefficient (Wildman–Crippen LogP) is 3.20. The van der Waals surface area contributed by atoms with E-state index in [2.05, 4.69) is 27.9 Å². The summed E-state index contributed by atoms with van der Waals surface area (Å²) in [5, 5.41) is 2.78. The van der Waals surface area contributed by atoms with E-state index in [1.807, 2.05) is 42.5 Å². The second-order valence-corrected chi connectivity index (χ2v) is 6.22. The standard InChI is InChI=1S/C18H18INO3/c1-2-23-18(22)16(11-13-7-4-3-5-8-13)20-17(21)14-9-6-10-15(19)12-14/h3-10,12,16H,2,11H2,1H3,(H,20,21). The molecule has 0 aromatic heterocycles. The van der Waals surface area contributed by atoms with Crippen LogP contribution in [0.2, 0.25) is 0 Å². The van der Waals surface area contributed by atoms with Crippen molar-refractivity contribution in [3.05, 3.63) is 69.3 Å². The average Bonchev–Trinajstić information content (AvgIpc) is 2.55. The highest BCUT2D eigenvalue weighted by Crippen LogP contribution is 2.10. The lowest BCUT2D eigenvalue weighted by Gasteiger charge is -2.17. The number of carbonyl (C=O) groups excluding carboxylic acids is 2. The molecule has 0 radical (unpaired) electrons. The van der Waals surface area contributed by atoms with Crippen LogP contribution in [0.1, 0.15) is 22.8 Å². The summed E-state index contributed by atoms with van der Waals surface area (Å²) >= 11 is 2.15. The Labute approximate surface area is 149 Å².